The van der Waals surface area contributed by atoms with Gasteiger partial charge < -0.3 is 19.3 Å². The van der Waals surface area contributed by atoms with E-state index in [1.54, 1.807) is 6.07 Å². The van der Waals surface area contributed by atoms with Gasteiger partial charge in [0.2, 0.25) is 0 Å². The van der Waals surface area contributed by atoms with Crippen LogP contribution in [0.3, 0.4) is 0 Å². The summed E-state index contributed by atoms with van der Waals surface area (Å²) < 4.78 is 50.0. The van der Waals surface area contributed by atoms with Crippen LogP contribution in [0.2, 0.25) is 0 Å². The third-order valence-electron chi connectivity index (χ3n) is 6.53. The van der Waals surface area contributed by atoms with Gasteiger partial charge in [-0.15, -0.1) is 0 Å². The standard InChI is InChI=1S/C25H36NO7PS/c1-4-6-13-25(5-2)18-35(30,31)23-17-22(33-14-10-15-34(27,28)29)21(32-3)16-20(23)24(26-25)19-11-8-7-9-12-19/h7-9,11-12,16-17,24,26H,4-6,10,13-15,18H2,1-3H3,(H2,27,28,29)/t24-,25-/m1/s1. The van der Waals surface area contributed by atoms with E-state index in [9.17, 15) is 13.0 Å². The highest BCUT2D eigenvalue weighted by Gasteiger charge is 2.42. The Morgan fingerprint density at radius 2 is 1.83 bits per heavy atom. The number of methoxy groups -OCH3 is 1. The summed E-state index contributed by atoms with van der Waals surface area (Å²) in [6.07, 6.45) is 3.08. The van der Waals surface area contributed by atoms with Crippen molar-refractivity contribution in [3.63, 3.8) is 0 Å². The van der Waals surface area contributed by atoms with Gasteiger partial charge in [-0.2, -0.15) is 0 Å². The Labute approximate surface area is 208 Å². The molecule has 8 nitrogen and oxygen atoms in total. The lowest BCUT2D eigenvalue weighted by molar-refractivity contribution is 0.286. The van der Waals surface area contributed by atoms with Gasteiger partial charge in [-0.05, 0) is 36.5 Å². The molecule has 0 radical (unpaired) electrons. The molecule has 0 amide bonds. The predicted molar refractivity (Wildman–Crippen MR) is 136 cm³/mol. The Hall–Kier alpha value is -1.90. The van der Waals surface area contributed by atoms with Gasteiger partial charge in [-0.25, -0.2) is 8.42 Å². The van der Waals surface area contributed by atoms with Crippen LogP contribution in [-0.4, -0.2) is 49.4 Å². The molecule has 0 unspecified atom stereocenters. The summed E-state index contributed by atoms with van der Waals surface area (Å²) in [5.41, 5.74) is 0.964. The molecule has 0 spiro atoms. The van der Waals surface area contributed by atoms with E-state index in [0.29, 0.717) is 17.7 Å². The van der Waals surface area contributed by atoms with Crippen LogP contribution in [0, 0.1) is 0 Å². The Morgan fingerprint density at radius 1 is 1.11 bits per heavy atom. The summed E-state index contributed by atoms with van der Waals surface area (Å²) in [7, 11) is -6.35. The first-order valence-electron chi connectivity index (χ1n) is 12.0. The Balaban J connectivity index is 2.10. The lowest BCUT2D eigenvalue weighted by atomic mass is 9.88. The number of hydrogen-bond acceptors (Lipinski definition) is 6. The molecule has 1 aliphatic rings. The minimum Gasteiger partial charge on any atom is -0.493 e. The van der Waals surface area contributed by atoms with E-state index in [0.717, 1.165) is 24.8 Å². The van der Waals surface area contributed by atoms with Crippen LogP contribution in [-0.2, 0) is 14.4 Å². The number of hydrogen-bond donors (Lipinski definition) is 3. The maximum atomic E-state index is 13.8. The minimum absolute atomic E-state index is 0.0239. The maximum Gasteiger partial charge on any atom is 0.325 e. The van der Waals surface area contributed by atoms with Crippen molar-refractivity contribution in [1.82, 2.24) is 5.32 Å². The highest BCUT2D eigenvalue weighted by atomic mass is 32.2. The van der Waals surface area contributed by atoms with Crippen molar-refractivity contribution >= 4 is 17.4 Å². The Bertz CT molecular complexity index is 1150. The van der Waals surface area contributed by atoms with E-state index < -0.39 is 23.0 Å². The zero-order valence-corrected chi connectivity index (χ0v) is 22.3. The molecule has 2 atom stereocenters. The molecule has 0 saturated carbocycles. The van der Waals surface area contributed by atoms with Crippen molar-refractivity contribution in [1.29, 1.82) is 0 Å². The molecule has 194 valence electrons. The number of ether oxygens (including phenoxy) is 2. The fourth-order valence-electron chi connectivity index (χ4n) is 4.59. The first-order valence-corrected chi connectivity index (χ1v) is 15.4. The molecule has 10 heteroatoms. The Kier molecular flexibility index (Phi) is 9.05. The van der Waals surface area contributed by atoms with Crippen molar-refractivity contribution in [2.75, 3.05) is 25.6 Å². The zero-order chi connectivity index (χ0) is 25.7. The van der Waals surface area contributed by atoms with Gasteiger partial charge in [-0.1, -0.05) is 57.0 Å². The lowest BCUT2D eigenvalue weighted by Crippen LogP contribution is -2.50. The number of nitrogens with one attached hydrogen (secondary N) is 1. The third kappa shape index (κ3) is 6.86. The molecular weight excluding hydrogens is 489 g/mol. The van der Waals surface area contributed by atoms with Crippen LogP contribution in [0.25, 0.3) is 0 Å². The molecule has 1 aliphatic heterocycles. The summed E-state index contributed by atoms with van der Waals surface area (Å²) in [5, 5.41) is 3.72. The SMILES string of the molecule is CCCC[C@]1(CC)CS(=O)(=O)c2cc(OCCCP(=O)(O)O)c(OC)cc2[C@@H](c2ccccc2)N1. The molecule has 3 N–H and O–H groups in total. The average molecular weight is 526 g/mol. The van der Waals surface area contributed by atoms with Gasteiger partial charge in [0, 0.05) is 11.6 Å². The molecule has 2 aromatic rings. The summed E-state index contributed by atoms with van der Waals surface area (Å²) in [5.74, 6) is 0.580. The summed E-state index contributed by atoms with van der Waals surface area (Å²) >= 11 is 0. The van der Waals surface area contributed by atoms with Crippen LogP contribution in [0.15, 0.2) is 47.4 Å². The van der Waals surface area contributed by atoms with E-state index in [4.69, 9.17) is 19.3 Å². The fourth-order valence-corrected chi connectivity index (χ4v) is 7.27. The second-order valence-electron chi connectivity index (χ2n) is 9.12. The second kappa shape index (κ2) is 11.4. The van der Waals surface area contributed by atoms with E-state index >= 15 is 0 Å². The van der Waals surface area contributed by atoms with Crippen molar-refractivity contribution in [3.05, 3.63) is 53.6 Å². The quantitative estimate of drug-likeness (QED) is 0.291. The molecule has 0 saturated heterocycles. The van der Waals surface area contributed by atoms with E-state index in [1.165, 1.54) is 13.2 Å². The maximum absolute atomic E-state index is 13.8. The summed E-state index contributed by atoms with van der Waals surface area (Å²) in [6, 6.07) is 12.6. The molecule has 0 bridgehead atoms. The minimum atomic E-state index is -4.14. The van der Waals surface area contributed by atoms with E-state index in [2.05, 4.69) is 12.2 Å². The van der Waals surface area contributed by atoms with Crippen molar-refractivity contribution in [2.24, 2.45) is 0 Å². The monoisotopic (exact) mass is 525 g/mol. The fraction of sp³-hybridized carbons (Fsp3) is 0.520. The number of rotatable bonds is 11. The van der Waals surface area contributed by atoms with E-state index in [-0.39, 0.29) is 41.6 Å². The molecule has 2 aromatic carbocycles. The molecule has 3 rings (SSSR count). The van der Waals surface area contributed by atoms with Crippen molar-refractivity contribution in [2.45, 2.75) is 62.4 Å². The van der Waals surface area contributed by atoms with Gasteiger partial charge in [0.05, 0.1) is 36.6 Å². The molecule has 1 heterocycles. The summed E-state index contributed by atoms with van der Waals surface area (Å²) in [6.45, 7) is 4.14. The second-order valence-corrected chi connectivity index (χ2v) is 12.9. The average Bonchev–Trinajstić information content (AvgIpc) is 2.92. The van der Waals surface area contributed by atoms with Crippen LogP contribution < -0.4 is 14.8 Å². The third-order valence-corrected chi connectivity index (χ3v) is 9.38. The molecule has 35 heavy (non-hydrogen) atoms. The normalized spacial score (nSPS) is 21.7. The topological polar surface area (TPSA) is 122 Å². The predicted octanol–water partition coefficient (Wildman–Crippen LogP) is 4.45. The van der Waals surface area contributed by atoms with Gasteiger partial charge in [0.25, 0.3) is 0 Å². The molecule has 0 aliphatic carbocycles. The van der Waals surface area contributed by atoms with Crippen LogP contribution in [0.1, 0.15) is 63.1 Å². The highest BCUT2D eigenvalue weighted by molar-refractivity contribution is 7.91. The highest BCUT2D eigenvalue weighted by Crippen LogP contribution is 2.43. The lowest BCUT2D eigenvalue weighted by Gasteiger charge is -2.36. The molecule has 0 fully saturated rings. The molecular formula is C25H36NO7PS. The first-order chi connectivity index (χ1) is 16.5. The van der Waals surface area contributed by atoms with E-state index in [1.807, 2.05) is 37.3 Å². The number of fused-ring (bicyclic) bond motifs is 1. The smallest absolute Gasteiger partial charge is 0.325 e. The van der Waals surface area contributed by atoms with Gasteiger partial charge in [-0.3, -0.25) is 9.88 Å². The van der Waals surface area contributed by atoms with Crippen LogP contribution in [0.4, 0.5) is 0 Å². The van der Waals surface area contributed by atoms with Crippen LogP contribution >= 0.6 is 7.60 Å². The summed E-state index contributed by atoms with van der Waals surface area (Å²) in [4.78, 5) is 18.4. The van der Waals surface area contributed by atoms with Crippen LogP contribution in [0.5, 0.6) is 11.5 Å². The van der Waals surface area contributed by atoms with Gasteiger partial charge >= 0.3 is 7.60 Å². The zero-order valence-electron chi connectivity index (χ0n) is 20.6. The molecule has 0 aromatic heterocycles. The van der Waals surface area contributed by atoms with Gasteiger partial charge in [0.15, 0.2) is 21.3 Å². The van der Waals surface area contributed by atoms with Crippen molar-refractivity contribution in [3.8, 4) is 11.5 Å². The number of sulfone groups is 1. The van der Waals surface area contributed by atoms with Crippen molar-refractivity contribution < 1.29 is 32.2 Å². The largest absolute Gasteiger partial charge is 0.493 e. The first kappa shape index (κ1) is 27.7. The number of benzene rings is 2. The van der Waals surface area contributed by atoms with Gasteiger partial charge in [0.1, 0.15) is 0 Å². The Morgan fingerprint density at radius 3 is 2.43 bits per heavy atom. The number of unbranched alkanes of at least 4 members (excludes halogenated alkanes) is 1.